The number of hydrogen-bond acceptors (Lipinski definition) is 6. The Morgan fingerprint density at radius 2 is 2.11 bits per heavy atom. The first-order valence-electron chi connectivity index (χ1n) is 9.51. The van der Waals surface area contributed by atoms with E-state index in [9.17, 15) is 4.79 Å². The van der Waals surface area contributed by atoms with Gasteiger partial charge in [0.05, 0.1) is 18.0 Å². The highest BCUT2D eigenvalue weighted by Gasteiger charge is 2.23. The fourth-order valence-corrected chi connectivity index (χ4v) is 3.52. The van der Waals surface area contributed by atoms with Gasteiger partial charge >= 0.3 is 0 Å². The second-order valence-electron chi connectivity index (χ2n) is 7.09. The van der Waals surface area contributed by atoms with Crippen LogP contribution < -0.4 is 5.32 Å². The maximum absolute atomic E-state index is 12.3. The van der Waals surface area contributed by atoms with Crippen LogP contribution in [-0.2, 0) is 19.5 Å². The van der Waals surface area contributed by atoms with Crippen molar-refractivity contribution in [1.29, 1.82) is 0 Å². The van der Waals surface area contributed by atoms with Crippen LogP contribution in [-0.4, -0.2) is 43.6 Å². The van der Waals surface area contributed by atoms with E-state index >= 15 is 0 Å². The van der Waals surface area contributed by atoms with Gasteiger partial charge in [0, 0.05) is 38.3 Å². The van der Waals surface area contributed by atoms with Crippen molar-refractivity contribution in [2.24, 2.45) is 0 Å². The Morgan fingerprint density at radius 3 is 2.89 bits per heavy atom. The van der Waals surface area contributed by atoms with E-state index in [0.717, 1.165) is 55.6 Å². The minimum Gasteiger partial charge on any atom is -0.459 e. The Morgan fingerprint density at radius 1 is 1.21 bits per heavy atom. The van der Waals surface area contributed by atoms with E-state index < -0.39 is 0 Å². The van der Waals surface area contributed by atoms with Gasteiger partial charge in [-0.1, -0.05) is 6.07 Å². The minimum absolute atomic E-state index is 0.254. The Labute approximate surface area is 163 Å². The Bertz CT molecular complexity index is 950. The molecule has 0 spiro atoms. The highest BCUT2D eigenvalue weighted by Crippen LogP contribution is 2.17. The van der Waals surface area contributed by atoms with Gasteiger partial charge in [0.1, 0.15) is 5.82 Å². The number of pyridine rings is 1. The van der Waals surface area contributed by atoms with E-state index in [1.54, 1.807) is 12.1 Å². The first-order valence-corrected chi connectivity index (χ1v) is 9.51. The lowest BCUT2D eigenvalue weighted by atomic mass is 10.3. The SMILES string of the molecule is Cc1cccc(CN2CCc3nnc(C(C)NC(=O)c4ccco4)n3CC2)n1. The summed E-state index contributed by atoms with van der Waals surface area (Å²) in [5.74, 6) is 1.76. The minimum atomic E-state index is -0.260. The molecule has 1 amide bonds. The third-order valence-electron chi connectivity index (χ3n) is 4.96. The molecular weight excluding hydrogens is 356 g/mol. The van der Waals surface area contributed by atoms with Gasteiger partial charge in [-0.3, -0.25) is 14.7 Å². The Balaban J connectivity index is 1.42. The predicted molar refractivity (Wildman–Crippen MR) is 103 cm³/mol. The molecule has 0 radical (unpaired) electrons. The first-order chi connectivity index (χ1) is 13.6. The molecule has 0 saturated heterocycles. The zero-order valence-electron chi connectivity index (χ0n) is 16.1. The van der Waals surface area contributed by atoms with Crippen LogP contribution in [0.5, 0.6) is 0 Å². The molecule has 0 fully saturated rings. The highest BCUT2D eigenvalue weighted by atomic mass is 16.3. The molecule has 1 unspecified atom stereocenters. The van der Waals surface area contributed by atoms with Gasteiger partial charge in [-0.2, -0.15) is 0 Å². The number of furan rings is 1. The van der Waals surface area contributed by atoms with Crippen LogP contribution in [0.4, 0.5) is 0 Å². The number of aromatic nitrogens is 4. The normalized spacial score (nSPS) is 15.6. The van der Waals surface area contributed by atoms with Crippen molar-refractivity contribution in [2.75, 3.05) is 13.1 Å². The molecule has 3 aromatic rings. The maximum Gasteiger partial charge on any atom is 0.287 e. The van der Waals surface area contributed by atoms with Crippen molar-refractivity contribution in [3.05, 3.63) is 65.4 Å². The molecule has 1 aliphatic heterocycles. The average molecular weight is 380 g/mol. The molecule has 0 saturated carbocycles. The van der Waals surface area contributed by atoms with Crippen LogP contribution in [0.3, 0.4) is 0 Å². The molecule has 0 bridgehead atoms. The van der Waals surface area contributed by atoms with E-state index in [1.165, 1.54) is 6.26 Å². The maximum atomic E-state index is 12.3. The molecule has 8 heteroatoms. The Hall–Kier alpha value is -3.00. The summed E-state index contributed by atoms with van der Waals surface area (Å²) in [6, 6.07) is 9.20. The number of nitrogens with zero attached hydrogens (tertiary/aromatic N) is 5. The summed E-state index contributed by atoms with van der Waals surface area (Å²) in [5, 5.41) is 11.6. The predicted octanol–water partition coefficient (Wildman–Crippen LogP) is 2.12. The summed E-state index contributed by atoms with van der Waals surface area (Å²) in [5.41, 5.74) is 2.12. The first kappa shape index (κ1) is 18.4. The summed E-state index contributed by atoms with van der Waals surface area (Å²) >= 11 is 0. The lowest BCUT2D eigenvalue weighted by molar-refractivity contribution is 0.0909. The third-order valence-corrected chi connectivity index (χ3v) is 4.96. The summed E-state index contributed by atoms with van der Waals surface area (Å²) in [6.45, 7) is 7.31. The van der Waals surface area contributed by atoms with Crippen molar-refractivity contribution in [3.63, 3.8) is 0 Å². The Kier molecular flexibility index (Phi) is 5.21. The van der Waals surface area contributed by atoms with Crippen LogP contribution >= 0.6 is 0 Å². The number of rotatable bonds is 5. The van der Waals surface area contributed by atoms with Crippen molar-refractivity contribution in [3.8, 4) is 0 Å². The van der Waals surface area contributed by atoms with Crippen LogP contribution in [0.15, 0.2) is 41.0 Å². The number of carbonyl (C=O) groups excluding carboxylic acids is 1. The van der Waals surface area contributed by atoms with Gasteiger partial charge in [-0.15, -0.1) is 10.2 Å². The molecule has 146 valence electrons. The van der Waals surface area contributed by atoms with E-state index in [-0.39, 0.29) is 11.9 Å². The summed E-state index contributed by atoms with van der Waals surface area (Å²) in [4.78, 5) is 19.2. The molecule has 1 atom stereocenters. The summed E-state index contributed by atoms with van der Waals surface area (Å²) in [6.07, 6.45) is 2.30. The molecule has 1 N–H and O–H groups in total. The van der Waals surface area contributed by atoms with E-state index in [2.05, 4.69) is 36.0 Å². The van der Waals surface area contributed by atoms with E-state index in [1.807, 2.05) is 26.0 Å². The molecule has 8 nitrogen and oxygen atoms in total. The fraction of sp³-hybridized carbons (Fsp3) is 0.400. The van der Waals surface area contributed by atoms with Crippen LogP contribution in [0.2, 0.25) is 0 Å². The molecule has 0 aliphatic carbocycles. The average Bonchev–Trinajstić information content (AvgIpc) is 3.30. The monoisotopic (exact) mass is 380 g/mol. The number of aryl methyl sites for hydroxylation is 1. The molecule has 0 aromatic carbocycles. The second kappa shape index (κ2) is 7.93. The zero-order chi connectivity index (χ0) is 19.5. The lowest BCUT2D eigenvalue weighted by Gasteiger charge is -2.19. The van der Waals surface area contributed by atoms with Crippen molar-refractivity contribution >= 4 is 5.91 Å². The smallest absolute Gasteiger partial charge is 0.287 e. The van der Waals surface area contributed by atoms with Gasteiger partial charge in [0.2, 0.25) is 0 Å². The molecule has 28 heavy (non-hydrogen) atoms. The van der Waals surface area contributed by atoms with Crippen LogP contribution in [0, 0.1) is 6.92 Å². The summed E-state index contributed by atoms with van der Waals surface area (Å²) < 4.78 is 7.28. The largest absolute Gasteiger partial charge is 0.459 e. The third kappa shape index (κ3) is 3.96. The number of hydrogen-bond donors (Lipinski definition) is 1. The topological polar surface area (TPSA) is 89.1 Å². The fourth-order valence-electron chi connectivity index (χ4n) is 3.52. The van der Waals surface area contributed by atoms with Crippen molar-refractivity contribution < 1.29 is 9.21 Å². The number of fused-ring (bicyclic) bond motifs is 1. The number of amides is 1. The number of nitrogens with one attached hydrogen (secondary N) is 1. The number of carbonyl (C=O) groups is 1. The van der Waals surface area contributed by atoms with Gasteiger partial charge in [0.25, 0.3) is 5.91 Å². The quantitative estimate of drug-likeness (QED) is 0.729. The highest BCUT2D eigenvalue weighted by molar-refractivity contribution is 5.91. The molecular formula is C20H24N6O2. The summed E-state index contributed by atoms with van der Waals surface area (Å²) in [7, 11) is 0. The van der Waals surface area contributed by atoms with E-state index in [0.29, 0.717) is 5.76 Å². The van der Waals surface area contributed by atoms with Crippen molar-refractivity contribution in [2.45, 2.75) is 39.4 Å². The van der Waals surface area contributed by atoms with Crippen LogP contribution in [0.25, 0.3) is 0 Å². The molecule has 4 heterocycles. The second-order valence-corrected chi connectivity index (χ2v) is 7.09. The molecule has 4 rings (SSSR count). The van der Waals surface area contributed by atoms with Crippen LogP contribution in [0.1, 0.15) is 46.6 Å². The van der Waals surface area contributed by atoms with Gasteiger partial charge in [-0.05, 0) is 38.1 Å². The van der Waals surface area contributed by atoms with Gasteiger partial charge in [0.15, 0.2) is 11.6 Å². The lowest BCUT2D eigenvalue weighted by Crippen LogP contribution is -2.30. The van der Waals surface area contributed by atoms with Gasteiger partial charge < -0.3 is 14.3 Å². The molecule has 3 aromatic heterocycles. The van der Waals surface area contributed by atoms with Crippen molar-refractivity contribution in [1.82, 2.24) is 30.0 Å². The van der Waals surface area contributed by atoms with E-state index in [4.69, 9.17) is 4.42 Å². The molecule has 1 aliphatic rings. The van der Waals surface area contributed by atoms with Gasteiger partial charge in [-0.25, -0.2) is 0 Å². The zero-order valence-corrected chi connectivity index (χ0v) is 16.1. The standard InChI is InChI=1S/C20H24N6O2/c1-14-5-3-6-16(21-14)13-25-9-8-18-23-24-19(26(18)11-10-25)15(2)22-20(27)17-7-4-12-28-17/h3-7,12,15H,8-11,13H2,1-2H3,(H,22,27).